The summed E-state index contributed by atoms with van der Waals surface area (Å²) >= 11 is 11.9. The fraction of sp³-hybridized carbons (Fsp3) is 0. The van der Waals surface area contributed by atoms with Crippen molar-refractivity contribution in [1.82, 2.24) is 0 Å². The van der Waals surface area contributed by atoms with E-state index in [0.717, 1.165) is 0 Å². The molecule has 0 aliphatic rings. The molecule has 0 atom stereocenters. The number of allylic oxidation sites excluding steroid dienone is 1. The monoisotopic (exact) mass is 437 g/mol. The van der Waals surface area contributed by atoms with Gasteiger partial charge in [0.1, 0.15) is 11.6 Å². The highest BCUT2D eigenvalue weighted by Crippen LogP contribution is 2.24. The molecule has 6 heteroatoms. The smallest absolute Gasteiger partial charge is 0.336 e. The van der Waals surface area contributed by atoms with Gasteiger partial charge in [-0.3, -0.25) is 0 Å². The third-order valence-electron chi connectivity index (χ3n) is 4.03. The van der Waals surface area contributed by atoms with Crippen LogP contribution in [0.4, 0.5) is 4.39 Å². The minimum Gasteiger partial charge on any atom is -0.423 e. The van der Waals surface area contributed by atoms with Gasteiger partial charge in [0.25, 0.3) is 0 Å². The van der Waals surface area contributed by atoms with E-state index in [2.05, 4.69) is 0 Å². The molecule has 3 rings (SSSR count). The first-order valence-corrected chi connectivity index (χ1v) is 9.53. The van der Waals surface area contributed by atoms with Crippen LogP contribution < -0.4 is 4.74 Å². The lowest BCUT2D eigenvalue weighted by Gasteiger charge is -2.04. The molecule has 0 fully saturated rings. The van der Waals surface area contributed by atoms with E-state index in [1.54, 1.807) is 54.6 Å². The number of benzene rings is 3. The van der Waals surface area contributed by atoms with Gasteiger partial charge in [-0.1, -0.05) is 59.6 Å². The Morgan fingerprint density at radius 2 is 1.83 bits per heavy atom. The second-order valence-electron chi connectivity index (χ2n) is 6.14. The summed E-state index contributed by atoms with van der Waals surface area (Å²) in [5, 5.41) is 10.3. The van der Waals surface area contributed by atoms with Crippen LogP contribution in [0.15, 0.2) is 72.8 Å². The predicted octanol–water partition coefficient (Wildman–Crippen LogP) is 6.82. The first-order valence-electron chi connectivity index (χ1n) is 8.78. The Balaban J connectivity index is 1.77. The minimum absolute atomic E-state index is 0.161. The number of hydrogen-bond donors (Lipinski definition) is 0. The molecule has 0 bridgehead atoms. The van der Waals surface area contributed by atoms with Gasteiger partial charge in [0.05, 0.1) is 11.6 Å². The summed E-state index contributed by atoms with van der Waals surface area (Å²) in [7, 11) is 0. The van der Waals surface area contributed by atoms with Crippen LogP contribution in [0.3, 0.4) is 0 Å². The molecule has 0 saturated heterocycles. The summed E-state index contributed by atoms with van der Waals surface area (Å²) in [5.74, 6) is -0.804. The Bertz CT molecular complexity index is 1200. The molecule has 0 saturated carbocycles. The van der Waals surface area contributed by atoms with E-state index < -0.39 is 11.8 Å². The summed E-state index contributed by atoms with van der Waals surface area (Å²) in [5.41, 5.74) is 1.57. The van der Waals surface area contributed by atoms with Gasteiger partial charge in [-0.2, -0.15) is 5.26 Å². The minimum atomic E-state index is -0.600. The van der Waals surface area contributed by atoms with Crippen LogP contribution in [-0.2, 0) is 4.79 Å². The molecule has 0 aliphatic carbocycles. The number of rotatable bonds is 5. The molecule has 0 amide bonds. The molecule has 3 aromatic rings. The highest BCUT2D eigenvalue weighted by atomic mass is 35.5. The zero-order valence-corrected chi connectivity index (χ0v) is 17.0. The van der Waals surface area contributed by atoms with E-state index in [1.807, 2.05) is 6.07 Å². The zero-order valence-electron chi connectivity index (χ0n) is 15.5. The lowest BCUT2D eigenvalue weighted by molar-refractivity contribution is -0.128. The van der Waals surface area contributed by atoms with Gasteiger partial charge in [-0.15, -0.1) is 0 Å². The van der Waals surface area contributed by atoms with Crippen LogP contribution in [-0.4, -0.2) is 5.97 Å². The summed E-state index contributed by atoms with van der Waals surface area (Å²) in [4.78, 5) is 12.1. The highest BCUT2D eigenvalue weighted by molar-refractivity contribution is 6.35. The van der Waals surface area contributed by atoms with Crippen molar-refractivity contribution in [2.75, 3.05) is 0 Å². The van der Waals surface area contributed by atoms with E-state index in [9.17, 15) is 14.4 Å². The maximum atomic E-state index is 14.0. The van der Waals surface area contributed by atoms with E-state index in [1.165, 1.54) is 30.4 Å². The van der Waals surface area contributed by atoms with Crippen molar-refractivity contribution in [3.63, 3.8) is 0 Å². The van der Waals surface area contributed by atoms with Crippen LogP contribution in [0.5, 0.6) is 5.75 Å². The Morgan fingerprint density at radius 1 is 1.03 bits per heavy atom. The van der Waals surface area contributed by atoms with Gasteiger partial charge in [-0.05, 0) is 53.6 Å². The topological polar surface area (TPSA) is 50.1 Å². The number of nitriles is 1. The normalized spacial score (nSPS) is 11.3. The van der Waals surface area contributed by atoms with Crippen LogP contribution in [0.2, 0.25) is 10.0 Å². The van der Waals surface area contributed by atoms with Crippen molar-refractivity contribution in [1.29, 1.82) is 5.26 Å². The van der Waals surface area contributed by atoms with Gasteiger partial charge < -0.3 is 4.74 Å². The van der Waals surface area contributed by atoms with Crippen molar-refractivity contribution >= 4 is 46.9 Å². The molecule has 0 spiro atoms. The second-order valence-corrected chi connectivity index (χ2v) is 6.99. The standard InChI is InChI=1S/C24H14Cl2FNO2/c25-19-10-8-17(22(26)14-19)9-11-24(29)30-20-5-3-4-16(13-20)12-18(15-28)21-6-1-2-7-23(21)27/h1-14H/b11-9+,18-12-. The Kier molecular flexibility index (Phi) is 7.03. The summed E-state index contributed by atoms with van der Waals surface area (Å²) < 4.78 is 19.3. The average molecular weight is 438 g/mol. The number of esters is 1. The fourth-order valence-corrected chi connectivity index (χ4v) is 3.10. The molecule has 0 aliphatic heterocycles. The van der Waals surface area contributed by atoms with E-state index in [4.69, 9.17) is 27.9 Å². The molecule has 3 nitrogen and oxygen atoms in total. The van der Waals surface area contributed by atoms with Gasteiger partial charge in [0, 0.05) is 21.7 Å². The fourth-order valence-electron chi connectivity index (χ4n) is 2.63. The molecule has 0 N–H and O–H groups in total. The molecule has 148 valence electrons. The molecule has 3 aromatic carbocycles. The van der Waals surface area contributed by atoms with Gasteiger partial charge in [0.2, 0.25) is 0 Å². The first kappa shape index (κ1) is 21.3. The van der Waals surface area contributed by atoms with Crippen LogP contribution in [0.25, 0.3) is 17.7 Å². The Labute approximate surface area is 183 Å². The maximum absolute atomic E-state index is 14.0. The van der Waals surface area contributed by atoms with E-state index in [0.29, 0.717) is 21.2 Å². The molecule has 0 unspecified atom stereocenters. The van der Waals surface area contributed by atoms with Crippen molar-refractivity contribution in [2.45, 2.75) is 0 Å². The lowest BCUT2D eigenvalue weighted by atomic mass is 10.0. The number of carbonyl (C=O) groups is 1. The van der Waals surface area contributed by atoms with Crippen molar-refractivity contribution in [3.05, 3.63) is 105 Å². The average Bonchev–Trinajstić information content (AvgIpc) is 2.72. The Morgan fingerprint density at radius 3 is 2.57 bits per heavy atom. The van der Waals surface area contributed by atoms with Gasteiger partial charge in [0.15, 0.2) is 0 Å². The maximum Gasteiger partial charge on any atom is 0.336 e. The summed E-state index contributed by atoms with van der Waals surface area (Å²) in [6.45, 7) is 0. The Hall–Kier alpha value is -3.39. The second kappa shape index (κ2) is 9.89. The highest BCUT2D eigenvalue weighted by Gasteiger charge is 2.08. The van der Waals surface area contributed by atoms with Crippen LogP contribution >= 0.6 is 23.2 Å². The van der Waals surface area contributed by atoms with Crippen molar-refractivity contribution in [3.8, 4) is 11.8 Å². The lowest BCUT2D eigenvalue weighted by Crippen LogP contribution is -2.03. The quantitative estimate of drug-likeness (QED) is 0.145. The number of ether oxygens (including phenoxy) is 1. The van der Waals surface area contributed by atoms with E-state index >= 15 is 0 Å². The van der Waals surface area contributed by atoms with E-state index in [-0.39, 0.29) is 16.9 Å². The first-order chi connectivity index (χ1) is 14.5. The molecule has 30 heavy (non-hydrogen) atoms. The summed E-state index contributed by atoms with van der Waals surface area (Å²) in [6, 6.07) is 19.5. The number of halogens is 3. The van der Waals surface area contributed by atoms with Crippen LogP contribution in [0, 0.1) is 17.1 Å². The van der Waals surface area contributed by atoms with Crippen molar-refractivity contribution < 1.29 is 13.9 Å². The largest absolute Gasteiger partial charge is 0.423 e. The zero-order chi connectivity index (χ0) is 21.5. The third-order valence-corrected chi connectivity index (χ3v) is 4.60. The number of hydrogen-bond acceptors (Lipinski definition) is 3. The molecule has 0 aromatic heterocycles. The number of carbonyl (C=O) groups excluding carboxylic acids is 1. The third kappa shape index (κ3) is 5.57. The van der Waals surface area contributed by atoms with Gasteiger partial charge in [-0.25, -0.2) is 9.18 Å². The SMILES string of the molecule is N#C/C(=C/c1cccc(OC(=O)/C=C/c2ccc(Cl)cc2Cl)c1)c1ccccc1F. The molecular weight excluding hydrogens is 424 g/mol. The molecule has 0 heterocycles. The summed E-state index contributed by atoms with van der Waals surface area (Å²) in [6.07, 6.45) is 4.30. The number of nitrogens with zero attached hydrogens (tertiary/aromatic N) is 1. The van der Waals surface area contributed by atoms with Crippen molar-refractivity contribution in [2.24, 2.45) is 0 Å². The van der Waals surface area contributed by atoms with Gasteiger partial charge >= 0.3 is 5.97 Å². The molecular formula is C24H14Cl2FNO2. The molecule has 0 radical (unpaired) electrons. The van der Waals surface area contributed by atoms with Crippen LogP contribution in [0.1, 0.15) is 16.7 Å². The predicted molar refractivity (Wildman–Crippen MR) is 117 cm³/mol.